The van der Waals surface area contributed by atoms with Gasteiger partial charge in [0.2, 0.25) is 0 Å². The van der Waals surface area contributed by atoms with Crippen molar-refractivity contribution in [2.75, 3.05) is 27.9 Å². The minimum atomic E-state index is -1.65. The van der Waals surface area contributed by atoms with Crippen LogP contribution in [0.4, 0.5) is 0 Å². The van der Waals surface area contributed by atoms with E-state index in [1.807, 2.05) is 78.9 Å². The van der Waals surface area contributed by atoms with Crippen LogP contribution in [0.1, 0.15) is 34.9 Å². The first kappa shape index (κ1) is 31.9. The molecule has 10 heteroatoms. The van der Waals surface area contributed by atoms with Crippen molar-refractivity contribution in [1.29, 1.82) is 0 Å². The fourth-order valence-electron chi connectivity index (χ4n) is 6.03. The lowest BCUT2D eigenvalue weighted by molar-refractivity contribution is -0.126. The summed E-state index contributed by atoms with van der Waals surface area (Å²) in [5.41, 5.74) is -1.27. The van der Waals surface area contributed by atoms with Crippen molar-refractivity contribution in [3.05, 3.63) is 141 Å². The Kier molecular flexibility index (Phi) is 9.40. The average Bonchev–Trinajstić information content (AvgIpc) is 3.34. The molecule has 0 aliphatic carbocycles. The highest BCUT2D eigenvalue weighted by Crippen LogP contribution is 2.45. The molecular weight excluding hydrogens is 576 g/mol. The first-order valence-corrected chi connectivity index (χ1v) is 14.5. The molecule has 0 amide bonds. The average molecular weight is 615 g/mol. The molecule has 1 fully saturated rings. The molecule has 0 bridgehead atoms. The number of aryl methyl sites for hydroxylation is 1. The molecule has 45 heavy (non-hydrogen) atoms. The van der Waals surface area contributed by atoms with Crippen molar-refractivity contribution in [3.8, 4) is 11.5 Å². The number of aliphatic hydroxyl groups is 1. The summed E-state index contributed by atoms with van der Waals surface area (Å²) >= 11 is 0. The van der Waals surface area contributed by atoms with Crippen molar-refractivity contribution in [2.24, 2.45) is 0 Å². The predicted molar refractivity (Wildman–Crippen MR) is 169 cm³/mol. The highest BCUT2D eigenvalue weighted by atomic mass is 16.6. The summed E-state index contributed by atoms with van der Waals surface area (Å²) in [7, 11) is 4.65. The third-order valence-electron chi connectivity index (χ3n) is 8.38. The second-order valence-corrected chi connectivity index (χ2v) is 10.9. The molecule has 2 N–H and O–H groups in total. The summed E-state index contributed by atoms with van der Waals surface area (Å²) in [6.07, 6.45) is 0.00638. The number of hydrogen-bond acceptors (Lipinski definition) is 8. The number of H-pyrrole nitrogens is 1. The summed E-state index contributed by atoms with van der Waals surface area (Å²) in [4.78, 5) is 27.3. The van der Waals surface area contributed by atoms with Gasteiger partial charge in [0, 0.05) is 18.9 Å². The standard InChI is InChI=1S/C35H38N2O8/c1-6-20-34(40)29(45-32(30(34)43-5)37-21-23(2)31(38)36-33(37)39)22-44-35(24-10-8-7-9-11-24,25-12-16-27(41-3)17-13-25)26-14-18-28(42-4)19-15-26/h6-19,21,29-30,32,40H,1,20,22H2,2-5H3,(H,36,38,39)/t29-,30+,32-,34-/m1/s1. The second-order valence-electron chi connectivity index (χ2n) is 10.9. The Morgan fingerprint density at radius 2 is 1.49 bits per heavy atom. The summed E-state index contributed by atoms with van der Waals surface area (Å²) in [5.74, 6) is 1.37. The molecule has 4 atom stereocenters. The van der Waals surface area contributed by atoms with Crippen LogP contribution in [0.25, 0.3) is 0 Å². The third kappa shape index (κ3) is 5.85. The quantitative estimate of drug-likeness (QED) is 0.181. The van der Waals surface area contributed by atoms with Crippen molar-refractivity contribution >= 4 is 0 Å². The van der Waals surface area contributed by atoms with Crippen LogP contribution in [-0.4, -0.2) is 60.4 Å². The van der Waals surface area contributed by atoms with Crippen LogP contribution in [0.3, 0.4) is 0 Å². The summed E-state index contributed by atoms with van der Waals surface area (Å²) in [6, 6.07) is 24.9. The van der Waals surface area contributed by atoms with Crippen molar-refractivity contribution in [1.82, 2.24) is 9.55 Å². The molecule has 10 nitrogen and oxygen atoms in total. The van der Waals surface area contributed by atoms with Gasteiger partial charge in [0.1, 0.15) is 34.9 Å². The molecular formula is C35H38N2O8. The van der Waals surface area contributed by atoms with Gasteiger partial charge in [-0.25, -0.2) is 4.79 Å². The molecule has 4 aromatic rings. The Morgan fingerprint density at radius 3 is 2.00 bits per heavy atom. The zero-order valence-corrected chi connectivity index (χ0v) is 25.8. The molecule has 0 spiro atoms. The summed E-state index contributed by atoms with van der Waals surface area (Å²) < 4.78 is 31.3. The lowest BCUT2D eigenvalue weighted by Gasteiger charge is -2.38. The summed E-state index contributed by atoms with van der Waals surface area (Å²) in [6.45, 7) is 5.31. The zero-order valence-electron chi connectivity index (χ0n) is 25.8. The molecule has 5 rings (SSSR count). The van der Waals surface area contributed by atoms with E-state index in [9.17, 15) is 14.7 Å². The van der Waals surface area contributed by atoms with Gasteiger partial charge in [0.05, 0.1) is 20.8 Å². The van der Waals surface area contributed by atoms with Gasteiger partial charge in [-0.15, -0.1) is 6.58 Å². The van der Waals surface area contributed by atoms with Crippen LogP contribution in [0.15, 0.2) is 107 Å². The molecule has 2 heterocycles. The lowest BCUT2D eigenvalue weighted by atomic mass is 9.79. The first-order valence-electron chi connectivity index (χ1n) is 14.5. The van der Waals surface area contributed by atoms with Gasteiger partial charge in [-0.3, -0.25) is 14.3 Å². The molecule has 0 radical (unpaired) electrons. The van der Waals surface area contributed by atoms with Crippen LogP contribution in [0.2, 0.25) is 0 Å². The number of aromatic nitrogens is 2. The highest BCUT2D eigenvalue weighted by molar-refractivity contribution is 5.49. The molecule has 236 valence electrons. The third-order valence-corrected chi connectivity index (χ3v) is 8.38. The van der Waals surface area contributed by atoms with E-state index < -0.39 is 40.9 Å². The number of hydrogen-bond donors (Lipinski definition) is 2. The Bertz CT molecular complexity index is 1670. The fourth-order valence-corrected chi connectivity index (χ4v) is 6.03. The maximum atomic E-state index is 12.9. The number of benzene rings is 3. The van der Waals surface area contributed by atoms with Crippen molar-refractivity contribution in [3.63, 3.8) is 0 Å². The Balaban J connectivity index is 1.64. The first-order chi connectivity index (χ1) is 21.7. The van der Waals surface area contributed by atoms with Crippen LogP contribution in [-0.2, 0) is 19.8 Å². The highest BCUT2D eigenvalue weighted by Gasteiger charge is 2.57. The van der Waals surface area contributed by atoms with Crippen LogP contribution >= 0.6 is 0 Å². The molecule has 1 aliphatic rings. The van der Waals surface area contributed by atoms with E-state index in [1.54, 1.807) is 27.2 Å². The van der Waals surface area contributed by atoms with Gasteiger partial charge in [0.15, 0.2) is 6.23 Å². The van der Waals surface area contributed by atoms with Crippen molar-refractivity contribution in [2.45, 2.75) is 43.0 Å². The van der Waals surface area contributed by atoms with Gasteiger partial charge in [-0.05, 0) is 54.3 Å². The largest absolute Gasteiger partial charge is 0.497 e. The normalized spacial score (nSPS) is 21.4. The van der Waals surface area contributed by atoms with E-state index >= 15 is 0 Å². The minimum absolute atomic E-state index is 0.0799. The molecule has 0 saturated carbocycles. The predicted octanol–water partition coefficient (Wildman–Crippen LogP) is 4.09. The molecule has 3 aromatic carbocycles. The molecule has 1 aliphatic heterocycles. The Labute approximate surface area is 261 Å². The minimum Gasteiger partial charge on any atom is -0.497 e. The van der Waals surface area contributed by atoms with Gasteiger partial charge in [0.25, 0.3) is 5.56 Å². The van der Waals surface area contributed by atoms with Crippen LogP contribution < -0.4 is 20.7 Å². The van der Waals surface area contributed by atoms with Gasteiger partial charge in [-0.2, -0.15) is 0 Å². The van der Waals surface area contributed by atoms with Gasteiger partial charge < -0.3 is 28.8 Å². The number of methoxy groups -OCH3 is 3. The van der Waals surface area contributed by atoms with E-state index in [1.165, 1.54) is 17.9 Å². The van der Waals surface area contributed by atoms with E-state index in [0.717, 1.165) is 16.7 Å². The Hall–Kier alpha value is -4.48. The second kappa shape index (κ2) is 13.3. The van der Waals surface area contributed by atoms with E-state index in [-0.39, 0.29) is 13.0 Å². The lowest BCUT2D eigenvalue weighted by Crippen LogP contribution is -2.51. The zero-order chi connectivity index (χ0) is 32.2. The number of nitrogens with one attached hydrogen (secondary N) is 1. The monoisotopic (exact) mass is 614 g/mol. The van der Waals surface area contributed by atoms with Crippen LogP contribution in [0.5, 0.6) is 11.5 Å². The van der Waals surface area contributed by atoms with Crippen molar-refractivity contribution < 1.29 is 28.8 Å². The van der Waals surface area contributed by atoms with E-state index in [0.29, 0.717) is 17.1 Å². The van der Waals surface area contributed by atoms with E-state index in [2.05, 4.69) is 11.6 Å². The SMILES string of the molecule is C=CC[C@@]1(O)[C@@H](COC(c2ccccc2)(c2ccc(OC)cc2)c2ccc(OC)cc2)O[C@@H](n2cc(C)c(=O)[nH]c2=O)[C@@H]1OC. The van der Waals surface area contributed by atoms with Gasteiger partial charge >= 0.3 is 5.69 Å². The fraction of sp³-hybridized carbons (Fsp3) is 0.314. The van der Waals surface area contributed by atoms with Gasteiger partial charge in [-0.1, -0.05) is 60.7 Å². The van der Waals surface area contributed by atoms with E-state index in [4.69, 9.17) is 23.7 Å². The number of aromatic amines is 1. The maximum absolute atomic E-state index is 12.9. The van der Waals surface area contributed by atoms with Crippen LogP contribution in [0, 0.1) is 6.92 Å². The molecule has 1 aromatic heterocycles. The summed E-state index contributed by atoms with van der Waals surface area (Å²) in [5, 5.41) is 12.2. The number of rotatable bonds is 12. The maximum Gasteiger partial charge on any atom is 0.330 e. The smallest absolute Gasteiger partial charge is 0.330 e. The topological polar surface area (TPSA) is 121 Å². The number of ether oxygens (including phenoxy) is 5. The molecule has 1 saturated heterocycles. The Morgan fingerprint density at radius 1 is 0.933 bits per heavy atom. The molecule has 0 unspecified atom stereocenters. The number of nitrogens with zero attached hydrogens (tertiary/aromatic N) is 1.